The van der Waals surface area contributed by atoms with Crippen LogP contribution >= 0.6 is 0 Å². The molecule has 0 aliphatic heterocycles. The molecule has 0 unspecified atom stereocenters. The number of hydrazine groups is 1. The van der Waals surface area contributed by atoms with Gasteiger partial charge in [-0.25, -0.2) is 9.99 Å². The predicted octanol–water partition coefficient (Wildman–Crippen LogP) is 2.37. The van der Waals surface area contributed by atoms with Crippen LogP contribution in [0.4, 0.5) is 11.5 Å². The molecule has 0 radical (unpaired) electrons. The van der Waals surface area contributed by atoms with Crippen LogP contribution in [0.3, 0.4) is 0 Å². The first-order chi connectivity index (χ1) is 9.97. The van der Waals surface area contributed by atoms with Gasteiger partial charge in [0.2, 0.25) is 5.82 Å². The van der Waals surface area contributed by atoms with Crippen LogP contribution in [0.15, 0.2) is 30.6 Å². The van der Waals surface area contributed by atoms with Crippen molar-refractivity contribution in [1.29, 1.82) is 0 Å². The summed E-state index contributed by atoms with van der Waals surface area (Å²) >= 11 is 0. The van der Waals surface area contributed by atoms with Crippen molar-refractivity contribution in [3.05, 3.63) is 46.3 Å². The van der Waals surface area contributed by atoms with E-state index in [0.29, 0.717) is 5.75 Å². The van der Waals surface area contributed by atoms with Crippen molar-refractivity contribution in [3.63, 3.8) is 0 Å². The number of benzene rings is 1. The van der Waals surface area contributed by atoms with Gasteiger partial charge in [0, 0.05) is 14.1 Å². The number of nitrogens with one attached hydrogen (secondary N) is 1. The number of ether oxygens (including phenoxy) is 1. The van der Waals surface area contributed by atoms with E-state index in [2.05, 4.69) is 15.4 Å². The van der Waals surface area contributed by atoms with Gasteiger partial charge in [0.05, 0.1) is 4.92 Å². The summed E-state index contributed by atoms with van der Waals surface area (Å²) in [6.07, 6.45) is 1.21. The monoisotopic (exact) mass is 289 g/mol. The summed E-state index contributed by atoms with van der Waals surface area (Å²) in [6, 6.07) is 7.14. The third-order valence-electron chi connectivity index (χ3n) is 2.54. The zero-order valence-corrected chi connectivity index (χ0v) is 11.9. The van der Waals surface area contributed by atoms with Crippen LogP contribution in [0, 0.1) is 17.0 Å². The number of rotatable bonds is 5. The summed E-state index contributed by atoms with van der Waals surface area (Å²) in [5, 5.41) is 12.8. The number of nitrogens with zero attached hydrogens (tertiary/aromatic N) is 4. The van der Waals surface area contributed by atoms with Crippen molar-refractivity contribution >= 4 is 11.5 Å². The Labute approximate surface area is 121 Å². The van der Waals surface area contributed by atoms with Crippen LogP contribution in [-0.4, -0.2) is 34.0 Å². The molecule has 1 N–H and O–H groups in total. The van der Waals surface area contributed by atoms with Crippen molar-refractivity contribution in [3.8, 4) is 11.6 Å². The van der Waals surface area contributed by atoms with Crippen LogP contribution in [0.5, 0.6) is 11.6 Å². The molecule has 21 heavy (non-hydrogen) atoms. The molecule has 1 heterocycles. The molecule has 8 nitrogen and oxygen atoms in total. The van der Waals surface area contributed by atoms with E-state index in [0.717, 1.165) is 5.56 Å². The minimum Gasteiger partial charge on any atom is -0.434 e. The molecule has 0 fully saturated rings. The van der Waals surface area contributed by atoms with E-state index in [1.54, 1.807) is 31.2 Å². The lowest BCUT2D eigenvalue weighted by Gasteiger charge is -2.13. The normalized spacial score (nSPS) is 10.5. The van der Waals surface area contributed by atoms with Gasteiger partial charge in [0.1, 0.15) is 12.1 Å². The average Bonchev–Trinajstić information content (AvgIpc) is 2.40. The first-order valence-electron chi connectivity index (χ1n) is 6.15. The summed E-state index contributed by atoms with van der Waals surface area (Å²) in [7, 11) is 3.40. The standard InChI is InChI=1S/C13H15N5O3/c1-9-4-6-10(7-5-9)21-13-11(18(19)20)12(14-8-15-13)16-17(2)3/h4-8H,1-3H3,(H,14,15,16). The van der Waals surface area contributed by atoms with E-state index in [1.807, 2.05) is 19.1 Å². The third kappa shape index (κ3) is 3.63. The number of aryl methyl sites for hydroxylation is 1. The Balaban J connectivity index is 2.38. The Kier molecular flexibility index (Phi) is 4.29. The fourth-order valence-electron chi connectivity index (χ4n) is 1.61. The zero-order valence-electron chi connectivity index (χ0n) is 11.9. The molecule has 0 saturated carbocycles. The van der Waals surface area contributed by atoms with E-state index in [4.69, 9.17) is 4.74 Å². The Morgan fingerprint density at radius 3 is 2.48 bits per heavy atom. The second-order valence-electron chi connectivity index (χ2n) is 4.55. The fourth-order valence-corrected chi connectivity index (χ4v) is 1.61. The summed E-state index contributed by atoms with van der Waals surface area (Å²) < 4.78 is 5.50. The van der Waals surface area contributed by atoms with E-state index in [9.17, 15) is 10.1 Å². The average molecular weight is 289 g/mol. The number of nitro groups is 1. The van der Waals surface area contributed by atoms with Gasteiger partial charge < -0.3 is 4.74 Å². The van der Waals surface area contributed by atoms with Gasteiger partial charge in [-0.05, 0) is 19.1 Å². The maximum absolute atomic E-state index is 11.3. The van der Waals surface area contributed by atoms with Gasteiger partial charge in [-0.1, -0.05) is 17.7 Å². The molecule has 0 amide bonds. The van der Waals surface area contributed by atoms with Crippen molar-refractivity contribution in [2.45, 2.75) is 6.92 Å². The molecule has 8 heteroatoms. The quantitative estimate of drug-likeness (QED) is 0.667. The molecule has 0 saturated heterocycles. The second kappa shape index (κ2) is 6.14. The Morgan fingerprint density at radius 1 is 1.24 bits per heavy atom. The summed E-state index contributed by atoms with van der Waals surface area (Å²) in [5.74, 6) is 0.434. The Bertz CT molecular complexity index is 643. The number of hydrogen-bond donors (Lipinski definition) is 1. The van der Waals surface area contributed by atoms with E-state index < -0.39 is 4.92 Å². The molecule has 0 spiro atoms. The first kappa shape index (κ1) is 14.7. The summed E-state index contributed by atoms with van der Waals surface area (Å²) in [4.78, 5) is 18.4. The lowest BCUT2D eigenvalue weighted by Crippen LogP contribution is -2.21. The molecule has 0 aliphatic carbocycles. The number of aromatic nitrogens is 2. The van der Waals surface area contributed by atoms with Crippen LogP contribution in [0.1, 0.15) is 5.56 Å². The minimum absolute atomic E-state index is 0.0714. The van der Waals surface area contributed by atoms with Crippen LogP contribution < -0.4 is 10.2 Å². The number of hydrogen-bond acceptors (Lipinski definition) is 7. The topological polar surface area (TPSA) is 93.4 Å². The maximum atomic E-state index is 11.3. The van der Waals surface area contributed by atoms with Gasteiger partial charge >= 0.3 is 11.6 Å². The molecule has 0 atom stereocenters. The Hall–Kier alpha value is -2.74. The molecule has 1 aromatic heterocycles. The highest BCUT2D eigenvalue weighted by Crippen LogP contribution is 2.33. The van der Waals surface area contributed by atoms with Crippen molar-refractivity contribution in [1.82, 2.24) is 15.0 Å². The largest absolute Gasteiger partial charge is 0.434 e. The van der Waals surface area contributed by atoms with Crippen molar-refractivity contribution in [2.24, 2.45) is 0 Å². The molecule has 2 rings (SSSR count). The van der Waals surface area contributed by atoms with E-state index in [-0.39, 0.29) is 17.4 Å². The Morgan fingerprint density at radius 2 is 1.90 bits per heavy atom. The molecule has 0 aliphatic rings. The van der Waals surface area contributed by atoms with Crippen LogP contribution in [0.25, 0.3) is 0 Å². The van der Waals surface area contributed by atoms with Crippen molar-refractivity contribution < 1.29 is 9.66 Å². The maximum Gasteiger partial charge on any atom is 0.374 e. The smallest absolute Gasteiger partial charge is 0.374 e. The van der Waals surface area contributed by atoms with Gasteiger partial charge in [0.15, 0.2) is 0 Å². The van der Waals surface area contributed by atoms with E-state index in [1.165, 1.54) is 6.33 Å². The number of anilines is 1. The first-order valence-corrected chi connectivity index (χ1v) is 6.15. The summed E-state index contributed by atoms with van der Waals surface area (Å²) in [5.41, 5.74) is 3.50. The molecule has 1 aromatic carbocycles. The third-order valence-corrected chi connectivity index (χ3v) is 2.54. The summed E-state index contributed by atoms with van der Waals surface area (Å²) in [6.45, 7) is 1.94. The second-order valence-corrected chi connectivity index (χ2v) is 4.55. The zero-order chi connectivity index (χ0) is 15.4. The molecule has 0 bridgehead atoms. The van der Waals surface area contributed by atoms with Gasteiger partial charge in [-0.15, -0.1) is 0 Å². The van der Waals surface area contributed by atoms with Gasteiger partial charge in [-0.3, -0.25) is 15.5 Å². The van der Waals surface area contributed by atoms with Gasteiger partial charge in [0.25, 0.3) is 0 Å². The SMILES string of the molecule is Cc1ccc(Oc2ncnc(NN(C)C)c2[N+](=O)[O-])cc1. The lowest BCUT2D eigenvalue weighted by atomic mass is 10.2. The van der Waals surface area contributed by atoms with Crippen molar-refractivity contribution in [2.75, 3.05) is 19.5 Å². The fraction of sp³-hybridized carbons (Fsp3) is 0.231. The molecular weight excluding hydrogens is 274 g/mol. The van der Waals surface area contributed by atoms with Crippen LogP contribution in [0.2, 0.25) is 0 Å². The molecule has 110 valence electrons. The molecule has 2 aromatic rings. The van der Waals surface area contributed by atoms with E-state index >= 15 is 0 Å². The highest BCUT2D eigenvalue weighted by atomic mass is 16.6. The molecular formula is C13H15N5O3. The lowest BCUT2D eigenvalue weighted by molar-refractivity contribution is -0.385. The highest BCUT2D eigenvalue weighted by molar-refractivity contribution is 5.61. The highest BCUT2D eigenvalue weighted by Gasteiger charge is 2.25. The van der Waals surface area contributed by atoms with Gasteiger partial charge in [-0.2, -0.15) is 4.98 Å². The predicted molar refractivity (Wildman–Crippen MR) is 77.2 cm³/mol. The minimum atomic E-state index is -0.574. The van der Waals surface area contributed by atoms with Crippen LogP contribution in [-0.2, 0) is 0 Å².